The van der Waals surface area contributed by atoms with Crippen LogP contribution in [-0.4, -0.2) is 33.4 Å². The first kappa shape index (κ1) is 19.3. The summed E-state index contributed by atoms with van der Waals surface area (Å²) >= 11 is 3.28. The Balaban J connectivity index is 1.85. The van der Waals surface area contributed by atoms with Gasteiger partial charge in [0.15, 0.2) is 0 Å². The van der Waals surface area contributed by atoms with Crippen LogP contribution in [0.15, 0.2) is 51.8 Å². The van der Waals surface area contributed by atoms with E-state index in [1.165, 1.54) is 16.4 Å². The van der Waals surface area contributed by atoms with Gasteiger partial charge in [-0.15, -0.1) is 0 Å². The number of hydrogen-bond acceptors (Lipinski definition) is 4. The third-order valence-corrected chi connectivity index (χ3v) is 8.07. The van der Waals surface area contributed by atoms with Gasteiger partial charge in [0.1, 0.15) is 0 Å². The number of rotatable bonds is 5. The van der Waals surface area contributed by atoms with Gasteiger partial charge in [0, 0.05) is 23.2 Å². The quantitative estimate of drug-likeness (QED) is 0.746. The van der Waals surface area contributed by atoms with Crippen LogP contribution in [0.4, 0.5) is 5.69 Å². The maximum atomic E-state index is 12.5. The van der Waals surface area contributed by atoms with E-state index < -0.39 is 20.0 Å². The molecule has 0 aromatic heterocycles. The SMILES string of the molecule is CCS(=O)(=O)N1CCc2ccc(NS(=O)(=O)c3ccc(Br)cc3)cc2C1. The van der Waals surface area contributed by atoms with E-state index in [4.69, 9.17) is 0 Å². The molecule has 0 spiro atoms. The third-order valence-electron chi connectivity index (χ3n) is 4.32. The fourth-order valence-corrected chi connectivity index (χ4v) is 5.23. The molecule has 3 rings (SSSR count). The van der Waals surface area contributed by atoms with E-state index in [1.54, 1.807) is 31.2 Å². The lowest BCUT2D eigenvalue weighted by molar-refractivity contribution is 0.392. The van der Waals surface area contributed by atoms with Crippen LogP contribution in [0.3, 0.4) is 0 Å². The average Bonchev–Trinajstić information content (AvgIpc) is 2.61. The first-order valence-electron chi connectivity index (χ1n) is 8.09. The highest BCUT2D eigenvalue weighted by Crippen LogP contribution is 2.26. The number of hydrogen-bond donors (Lipinski definition) is 1. The summed E-state index contributed by atoms with van der Waals surface area (Å²) in [6, 6.07) is 11.6. The maximum Gasteiger partial charge on any atom is 0.261 e. The molecule has 6 nitrogen and oxygen atoms in total. The summed E-state index contributed by atoms with van der Waals surface area (Å²) in [4.78, 5) is 0.161. The normalized spacial score (nSPS) is 15.5. The van der Waals surface area contributed by atoms with E-state index in [9.17, 15) is 16.8 Å². The highest BCUT2D eigenvalue weighted by molar-refractivity contribution is 9.10. The van der Waals surface area contributed by atoms with Gasteiger partial charge in [-0.3, -0.25) is 4.72 Å². The summed E-state index contributed by atoms with van der Waals surface area (Å²) in [5.74, 6) is 0.0538. The van der Waals surface area contributed by atoms with E-state index >= 15 is 0 Å². The summed E-state index contributed by atoms with van der Waals surface area (Å²) in [5.41, 5.74) is 2.28. The van der Waals surface area contributed by atoms with E-state index in [0.717, 1.165) is 15.6 Å². The lowest BCUT2D eigenvalue weighted by Crippen LogP contribution is -2.36. The highest BCUT2D eigenvalue weighted by atomic mass is 79.9. The molecule has 0 saturated heterocycles. The molecule has 26 heavy (non-hydrogen) atoms. The van der Waals surface area contributed by atoms with E-state index in [0.29, 0.717) is 18.7 Å². The van der Waals surface area contributed by atoms with Crippen LogP contribution in [0.25, 0.3) is 0 Å². The van der Waals surface area contributed by atoms with Crippen molar-refractivity contribution in [2.24, 2.45) is 0 Å². The van der Waals surface area contributed by atoms with Crippen LogP contribution < -0.4 is 4.72 Å². The molecule has 0 bridgehead atoms. The van der Waals surface area contributed by atoms with Crippen LogP contribution in [-0.2, 0) is 33.0 Å². The van der Waals surface area contributed by atoms with E-state index in [1.807, 2.05) is 6.07 Å². The molecule has 1 heterocycles. The van der Waals surface area contributed by atoms with Crippen molar-refractivity contribution in [2.45, 2.75) is 24.8 Å². The monoisotopic (exact) mass is 458 g/mol. The molecule has 0 saturated carbocycles. The smallest absolute Gasteiger partial charge is 0.261 e. The van der Waals surface area contributed by atoms with Crippen LogP contribution in [0.5, 0.6) is 0 Å². The van der Waals surface area contributed by atoms with Crippen LogP contribution in [0.1, 0.15) is 18.1 Å². The van der Waals surface area contributed by atoms with Gasteiger partial charge in [-0.25, -0.2) is 16.8 Å². The second-order valence-electron chi connectivity index (χ2n) is 6.03. The van der Waals surface area contributed by atoms with Crippen molar-refractivity contribution in [2.75, 3.05) is 17.0 Å². The van der Waals surface area contributed by atoms with Crippen LogP contribution in [0, 0.1) is 0 Å². The fourth-order valence-electron chi connectivity index (χ4n) is 2.84. The average molecular weight is 459 g/mol. The number of sulfonamides is 2. The van der Waals surface area contributed by atoms with Gasteiger partial charge in [-0.2, -0.15) is 4.31 Å². The Hall–Kier alpha value is -1.42. The van der Waals surface area contributed by atoms with E-state index in [2.05, 4.69) is 20.7 Å². The fraction of sp³-hybridized carbons (Fsp3) is 0.294. The number of nitrogens with one attached hydrogen (secondary N) is 1. The summed E-state index contributed by atoms with van der Waals surface area (Å²) in [6.07, 6.45) is 0.619. The topological polar surface area (TPSA) is 83.6 Å². The molecule has 0 radical (unpaired) electrons. The Labute approximate surface area is 162 Å². The molecular formula is C17H19BrN2O4S2. The molecule has 1 aliphatic rings. The van der Waals surface area contributed by atoms with Crippen molar-refractivity contribution in [1.82, 2.24) is 4.31 Å². The first-order valence-corrected chi connectivity index (χ1v) is 12.0. The highest BCUT2D eigenvalue weighted by Gasteiger charge is 2.25. The molecule has 0 unspecified atom stereocenters. The standard InChI is InChI=1S/C17H19BrN2O4S2/c1-2-25(21,22)20-10-9-13-3-6-16(11-14(13)12-20)19-26(23,24)17-7-4-15(18)5-8-17/h3-8,11,19H,2,9-10,12H2,1H3. The van der Waals surface area contributed by atoms with Crippen molar-refractivity contribution in [1.29, 1.82) is 0 Å². The second kappa shape index (κ2) is 7.30. The Morgan fingerprint density at radius 2 is 1.73 bits per heavy atom. The number of nitrogens with zero attached hydrogens (tertiary/aromatic N) is 1. The van der Waals surface area contributed by atoms with Gasteiger partial charge in [0.25, 0.3) is 10.0 Å². The zero-order valence-corrected chi connectivity index (χ0v) is 17.4. The predicted octanol–water partition coefficient (Wildman–Crippen LogP) is 2.96. The molecule has 0 amide bonds. The van der Waals surface area contributed by atoms with Crippen molar-refractivity contribution in [3.05, 3.63) is 58.1 Å². The lowest BCUT2D eigenvalue weighted by atomic mass is 10.0. The van der Waals surface area contributed by atoms with E-state index in [-0.39, 0.29) is 17.2 Å². The van der Waals surface area contributed by atoms with Crippen molar-refractivity contribution >= 4 is 41.7 Å². The first-order chi connectivity index (χ1) is 12.2. The largest absolute Gasteiger partial charge is 0.280 e. The van der Waals surface area contributed by atoms with Crippen LogP contribution in [0.2, 0.25) is 0 Å². The van der Waals surface area contributed by atoms with Gasteiger partial charge >= 0.3 is 0 Å². The second-order valence-corrected chi connectivity index (χ2v) is 10.9. The number of benzene rings is 2. The molecule has 2 aromatic carbocycles. The molecule has 0 fully saturated rings. The minimum Gasteiger partial charge on any atom is -0.280 e. The summed E-state index contributed by atoms with van der Waals surface area (Å²) in [6.45, 7) is 2.33. The third kappa shape index (κ3) is 4.11. The minimum absolute atomic E-state index is 0.0538. The molecule has 1 aliphatic heterocycles. The summed E-state index contributed by atoms with van der Waals surface area (Å²) in [5, 5.41) is 0. The number of anilines is 1. The molecular weight excluding hydrogens is 440 g/mol. The summed E-state index contributed by atoms with van der Waals surface area (Å²) in [7, 11) is -6.97. The van der Waals surface area contributed by atoms with Crippen molar-refractivity contribution in [3.63, 3.8) is 0 Å². The van der Waals surface area contributed by atoms with Gasteiger partial charge in [0.2, 0.25) is 10.0 Å². The molecule has 0 aliphatic carbocycles. The summed E-state index contributed by atoms with van der Waals surface area (Å²) < 4.78 is 54.0. The molecule has 0 atom stereocenters. The lowest BCUT2D eigenvalue weighted by Gasteiger charge is -2.28. The minimum atomic E-state index is -3.71. The molecule has 9 heteroatoms. The zero-order chi connectivity index (χ0) is 18.9. The Morgan fingerprint density at radius 1 is 1.04 bits per heavy atom. The van der Waals surface area contributed by atoms with Crippen molar-refractivity contribution < 1.29 is 16.8 Å². The van der Waals surface area contributed by atoms with Gasteiger partial charge < -0.3 is 0 Å². The number of halogens is 1. The van der Waals surface area contributed by atoms with Crippen LogP contribution >= 0.6 is 15.9 Å². The molecule has 140 valence electrons. The Morgan fingerprint density at radius 3 is 2.38 bits per heavy atom. The van der Waals surface area contributed by atoms with Gasteiger partial charge in [-0.1, -0.05) is 22.0 Å². The zero-order valence-electron chi connectivity index (χ0n) is 14.1. The number of fused-ring (bicyclic) bond motifs is 1. The Kier molecular flexibility index (Phi) is 5.43. The molecule has 1 N–H and O–H groups in total. The Bertz CT molecular complexity index is 1020. The van der Waals surface area contributed by atoms with Crippen molar-refractivity contribution in [3.8, 4) is 0 Å². The van der Waals surface area contributed by atoms with Gasteiger partial charge in [0.05, 0.1) is 10.6 Å². The predicted molar refractivity (Wildman–Crippen MR) is 105 cm³/mol. The molecule has 2 aromatic rings. The maximum absolute atomic E-state index is 12.5. The van der Waals surface area contributed by atoms with Gasteiger partial charge in [-0.05, 0) is 60.9 Å².